The van der Waals surface area contributed by atoms with Gasteiger partial charge in [-0.25, -0.2) is 17.2 Å². The van der Waals surface area contributed by atoms with Gasteiger partial charge >= 0.3 is 0 Å². The van der Waals surface area contributed by atoms with Gasteiger partial charge < -0.3 is 0 Å². The minimum absolute atomic E-state index is 0.0254. The summed E-state index contributed by atoms with van der Waals surface area (Å²) in [5, 5.41) is 1.20. The zero-order valence-electron chi connectivity index (χ0n) is 11.2. The minimum atomic E-state index is -4.18. The summed E-state index contributed by atoms with van der Waals surface area (Å²) in [5.41, 5.74) is 0. The van der Waals surface area contributed by atoms with E-state index < -0.39 is 20.8 Å². The molecule has 0 aliphatic carbocycles. The first-order chi connectivity index (χ1) is 9.16. The third kappa shape index (κ3) is 2.68. The smallest absolute Gasteiger partial charge is 0.230 e. The third-order valence-electron chi connectivity index (χ3n) is 3.78. The van der Waals surface area contributed by atoms with Crippen LogP contribution >= 0.6 is 23.4 Å². The van der Waals surface area contributed by atoms with E-state index in [0.29, 0.717) is 25.9 Å². The molecule has 0 bridgehead atoms. The maximum Gasteiger partial charge on any atom is 0.230 e. The lowest BCUT2D eigenvalue weighted by Crippen LogP contribution is -2.44. The highest BCUT2D eigenvalue weighted by molar-refractivity contribution is 7.92. The van der Waals surface area contributed by atoms with Gasteiger partial charge in [-0.3, -0.25) is 4.68 Å². The van der Waals surface area contributed by atoms with Crippen molar-refractivity contribution in [1.82, 2.24) is 14.2 Å². The van der Waals surface area contributed by atoms with Gasteiger partial charge in [0.15, 0.2) is 10.2 Å². The Morgan fingerprint density at radius 2 is 2.00 bits per heavy atom. The molecule has 1 aliphatic rings. The molecule has 1 aromatic rings. The fourth-order valence-electron chi connectivity index (χ4n) is 2.46. The van der Waals surface area contributed by atoms with E-state index in [2.05, 4.69) is 5.10 Å². The van der Waals surface area contributed by atoms with Crippen LogP contribution < -0.4 is 0 Å². The number of hydrogen-bond acceptors (Lipinski definition) is 4. The van der Waals surface area contributed by atoms with Crippen molar-refractivity contribution < 1.29 is 12.8 Å². The topological polar surface area (TPSA) is 55.2 Å². The molecule has 2 rings (SSSR count). The van der Waals surface area contributed by atoms with Crippen molar-refractivity contribution in [3.05, 3.63) is 11.2 Å². The summed E-state index contributed by atoms with van der Waals surface area (Å²) < 4.78 is 42.7. The van der Waals surface area contributed by atoms with Crippen molar-refractivity contribution in [3.8, 4) is 0 Å². The highest BCUT2D eigenvalue weighted by Gasteiger charge is 2.49. The number of aromatic nitrogens is 2. The fraction of sp³-hybridized carbons (Fsp3) is 0.727. The third-order valence-corrected chi connectivity index (χ3v) is 6.62. The number of sulfone groups is 1. The lowest BCUT2D eigenvalue weighted by molar-refractivity contribution is 0.136. The van der Waals surface area contributed by atoms with E-state index in [9.17, 15) is 8.42 Å². The zero-order valence-corrected chi connectivity index (χ0v) is 13.5. The average molecular weight is 344 g/mol. The largest absolute Gasteiger partial charge is 0.256 e. The molecule has 5 nitrogen and oxygen atoms in total. The molecular formula is C11H16Cl2FN3O2S. The molecule has 1 atom stereocenters. The van der Waals surface area contributed by atoms with Crippen molar-refractivity contribution in [2.24, 2.45) is 13.0 Å². The molecule has 0 spiro atoms. The number of halogens is 3. The molecule has 0 amide bonds. The molecule has 2 heterocycles. The predicted molar refractivity (Wildman–Crippen MR) is 75.1 cm³/mol. The first kappa shape index (κ1) is 16.0. The molecule has 9 heteroatoms. The van der Waals surface area contributed by atoms with Crippen molar-refractivity contribution >= 4 is 33.2 Å². The van der Waals surface area contributed by atoms with Crippen molar-refractivity contribution in [3.63, 3.8) is 0 Å². The molecule has 20 heavy (non-hydrogen) atoms. The number of piperidine rings is 1. The van der Waals surface area contributed by atoms with E-state index in [1.54, 1.807) is 4.42 Å². The number of alkyl halides is 1. The molecule has 0 N–H and O–H groups in total. The SMILES string of the molecule is Cn1nc(Cl)cc1S(=O)(=O)C(C)(F)C1CCN(Cl)CC1. The van der Waals surface area contributed by atoms with E-state index in [-0.39, 0.29) is 10.2 Å². The molecule has 114 valence electrons. The molecule has 1 aliphatic heterocycles. The highest BCUT2D eigenvalue weighted by Crippen LogP contribution is 2.39. The van der Waals surface area contributed by atoms with Crippen LogP contribution in [-0.4, -0.2) is 40.7 Å². The van der Waals surface area contributed by atoms with Crippen LogP contribution in [0.1, 0.15) is 19.8 Å². The Kier molecular flexibility index (Phi) is 4.35. The number of hydrogen-bond donors (Lipinski definition) is 0. The molecule has 0 radical (unpaired) electrons. The van der Waals surface area contributed by atoms with Crippen LogP contribution in [0.5, 0.6) is 0 Å². The molecule has 1 aromatic heterocycles. The Bertz CT molecular complexity index is 595. The summed E-state index contributed by atoms with van der Waals surface area (Å²) in [6, 6.07) is 1.17. The van der Waals surface area contributed by atoms with Gasteiger partial charge in [0.05, 0.1) is 0 Å². The Morgan fingerprint density at radius 3 is 2.45 bits per heavy atom. The Morgan fingerprint density at radius 1 is 1.45 bits per heavy atom. The van der Waals surface area contributed by atoms with Crippen molar-refractivity contribution in [1.29, 1.82) is 0 Å². The van der Waals surface area contributed by atoms with Gasteiger partial charge in [0.25, 0.3) is 0 Å². The average Bonchev–Trinajstić information content (AvgIpc) is 2.69. The summed E-state index contributed by atoms with van der Waals surface area (Å²) in [7, 11) is -2.75. The van der Waals surface area contributed by atoms with E-state index >= 15 is 4.39 Å². The molecular weight excluding hydrogens is 328 g/mol. The summed E-state index contributed by atoms with van der Waals surface area (Å²) in [5.74, 6) is -0.601. The van der Waals surface area contributed by atoms with E-state index in [1.165, 1.54) is 13.1 Å². The maximum atomic E-state index is 15.0. The molecule has 0 saturated carbocycles. The van der Waals surface area contributed by atoms with Gasteiger partial charge in [-0.2, -0.15) is 5.10 Å². The monoisotopic (exact) mass is 343 g/mol. The first-order valence-corrected chi connectivity index (χ1v) is 8.40. The van der Waals surface area contributed by atoms with Gasteiger partial charge in [-0.1, -0.05) is 11.6 Å². The second-order valence-corrected chi connectivity index (χ2v) is 8.19. The van der Waals surface area contributed by atoms with Crippen molar-refractivity contribution in [2.45, 2.75) is 29.8 Å². The maximum absolute atomic E-state index is 15.0. The quantitative estimate of drug-likeness (QED) is 0.790. The van der Waals surface area contributed by atoms with Crippen LogP contribution in [0, 0.1) is 5.92 Å². The first-order valence-electron chi connectivity index (χ1n) is 6.20. The second-order valence-electron chi connectivity index (χ2n) is 5.10. The van der Waals surface area contributed by atoms with Gasteiger partial charge in [0.2, 0.25) is 14.8 Å². The Labute approximate surface area is 127 Å². The van der Waals surface area contributed by atoms with E-state index in [1.807, 2.05) is 0 Å². The van der Waals surface area contributed by atoms with Gasteiger partial charge in [0, 0.05) is 32.1 Å². The standard InChI is InChI=1S/C11H16Cl2FN3O2S/c1-11(14,8-3-5-17(13)6-4-8)20(18,19)10-7-9(12)15-16(10)2/h7-8H,3-6H2,1-2H3. The van der Waals surface area contributed by atoms with Crippen LogP contribution in [-0.2, 0) is 16.9 Å². The van der Waals surface area contributed by atoms with E-state index in [0.717, 1.165) is 11.6 Å². The molecule has 1 fully saturated rings. The summed E-state index contributed by atoms with van der Waals surface area (Å²) in [6.45, 7) is 2.04. The van der Waals surface area contributed by atoms with Crippen LogP contribution in [0.15, 0.2) is 11.1 Å². The van der Waals surface area contributed by atoms with Gasteiger partial charge in [-0.15, -0.1) is 0 Å². The summed E-state index contributed by atoms with van der Waals surface area (Å²) >= 11 is 11.5. The van der Waals surface area contributed by atoms with Crippen LogP contribution in [0.4, 0.5) is 4.39 Å². The minimum Gasteiger partial charge on any atom is -0.256 e. The van der Waals surface area contributed by atoms with Gasteiger partial charge in [-0.05, 0) is 31.5 Å². The Hall–Kier alpha value is -0.370. The van der Waals surface area contributed by atoms with Crippen LogP contribution in [0.2, 0.25) is 5.15 Å². The lowest BCUT2D eigenvalue weighted by atomic mass is 9.93. The zero-order chi connectivity index (χ0) is 15.1. The van der Waals surface area contributed by atoms with Crippen LogP contribution in [0.3, 0.4) is 0 Å². The summed E-state index contributed by atoms with van der Waals surface area (Å²) in [4.78, 5) is 0. The van der Waals surface area contributed by atoms with E-state index in [4.69, 9.17) is 23.4 Å². The predicted octanol–water partition coefficient (Wildman–Crippen LogP) is 2.40. The van der Waals surface area contributed by atoms with Crippen LogP contribution in [0.25, 0.3) is 0 Å². The molecule has 1 saturated heterocycles. The number of nitrogens with zero attached hydrogens (tertiary/aromatic N) is 3. The lowest BCUT2D eigenvalue weighted by Gasteiger charge is -2.34. The fourth-order valence-corrected chi connectivity index (χ4v) is 4.67. The molecule has 0 aromatic carbocycles. The number of rotatable bonds is 3. The van der Waals surface area contributed by atoms with Gasteiger partial charge in [0.1, 0.15) is 0 Å². The normalized spacial score (nSPS) is 21.9. The summed E-state index contributed by atoms with van der Waals surface area (Å²) in [6.07, 6.45) is 0.780. The number of aryl methyl sites for hydroxylation is 1. The molecule has 1 unspecified atom stereocenters. The Balaban J connectivity index is 2.34. The highest BCUT2D eigenvalue weighted by atomic mass is 35.5. The second kappa shape index (κ2) is 5.44. The van der Waals surface area contributed by atoms with Crippen molar-refractivity contribution in [2.75, 3.05) is 13.1 Å².